The number of carbonyl (C=O) groups is 2. The first-order chi connectivity index (χ1) is 10.1. The SMILES string of the molecule is C=C(C)CC(C(=O)OC)C1CCN(C(=O)OC(C)(C)C)CC1. The van der Waals surface area contributed by atoms with Crippen molar-refractivity contribution in [2.45, 2.75) is 52.6 Å². The number of nitrogens with zero attached hydrogens (tertiary/aromatic N) is 1. The number of allylic oxidation sites excluding steroid dienone is 1. The average Bonchev–Trinajstić information content (AvgIpc) is 2.42. The van der Waals surface area contributed by atoms with Crippen LogP contribution in [0.3, 0.4) is 0 Å². The molecular formula is C17H29NO4. The molecule has 0 aromatic rings. The maximum Gasteiger partial charge on any atom is 0.410 e. The van der Waals surface area contributed by atoms with Crippen LogP contribution in [0.1, 0.15) is 47.0 Å². The molecule has 0 bridgehead atoms. The molecular weight excluding hydrogens is 282 g/mol. The Morgan fingerprint density at radius 3 is 2.23 bits per heavy atom. The van der Waals surface area contributed by atoms with Gasteiger partial charge in [-0.15, -0.1) is 6.58 Å². The van der Waals surface area contributed by atoms with Gasteiger partial charge in [-0.05, 0) is 52.9 Å². The van der Waals surface area contributed by atoms with Crippen molar-refractivity contribution in [3.05, 3.63) is 12.2 Å². The fourth-order valence-corrected chi connectivity index (χ4v) is 2.78. The van der Waals surface area contributed by atoms with Crippen molar-refractivity contribution >= 4 is 12.1 Å². The quantitative estimate of drug-likeness (QED) is 0.590. The van der Waals surface area contributed by atoms with Crippen molar-refractivity contribution in [1.82, 2.24) is 4.90 Å². The van der Waals surface area contributed by atoms with Crippen molar-refractivity contribution in [1.29, 1.82) is 0 Å². The Kier molecular flexibility index (Phi) is 6.45. The number of hydrogen-bond acceptors (Lipinski definition) is 4. The van der Waals surface area contributed by atoms with Crippen molar-refractivity contribution in [2.24, 2.45) is 11.8 Å². The highest BCUT2D eigenvalue weighted by atomic mass is 16.6. The lowest BCUT2D eigenvalue weighted by atomic mass is 9.81. The van der Waals surface area contributed by atoms with Crippen LogP contribution in [0.25, 0.3) is 0 Å². The summed E-state index contributed by atoms with van der Waals surface area (Å²) < 4.78 is 10.3. The van der Waals surface area contributed by atoms with E-state index in [2.05, 4.69) is 6.58 Å². The molecule has 1 aliphatic rings. The van der Waals surface area contributed by atoms with Gasteiger partial charge in [0.1, 0.15) is 5.60 Å². The molecule has 1 aliphatic heterocycles. The van der Waals surface area contributed by atoms with Crippen LogP contribution >= 0.6 is 0 Å². The van der Waals surface area contributed by atoms with Gasteiger partial charge in [-0.25, -0.2) is 4.79 Å². The molecule has 0 radical (unpaired) electrons. The fraction of sp³-hybridized carbons (Fsp3) is 0.765. The van der Waals surface area contributed by atoms with E-state index in [0.29, 0.717) is 19.5 Å². The normalized spacial score (nSPS) is 17.8. The molecule has 0 spiro atoms. The van der Waals surface area contributed by atoms with E-state index < -0.39 is 5.60 Å². The van der Waals surface area contributed by atoms with E-state index in [1.165, 1.54) is 7.11 Å². The number of amides is 1. The van der Waals surface area contributed by atoms with E-state index in [1.807, 2.05) is 27.7 Å². The molecule has 0 aromatic heterocycles. The summed E-state index contributed by atoms with van der Waals surface area (Å²) in [5.74, 6) is -0.121. The smallest absolute Gasteiger partial charge is 0.410 e. The summed E-state index contributed by atoms with van der Waals surface area (Å²) in [4.78, 5) is 25.8. The molecule has 1 atom stereocenters. The second-order valence-corrected chi connectivity index (χ2v) is 7.10. The van der Waals surface area contributed by atoms with Gasteiger partial charge in [0.05, 0.1) is 13.0 Å². The van der Waals surface area contributed by atoms with Crippen LogP contribution in [0.15, 0.2) is 12.2 Å². The number of carbonyl (C=O) groups excluding carboxylic acids is 2. The van der Waals surface area contributed by atoms with Crippen molar-refractivity contribution < 1.29 is 19.1 Å². The Balaban J connectivity index is 2.60. The number of ether oxygens (including phenoxy) is 2. The van der Waals surface area contributed by atoms with Gasteiger partial charge in [0, 0.05) is 13.1 Å². The largest absolute Gasteiger partial charge is 0.469 e. The Labute approximate surface area is 133 Å². The zero-order valence-corrected chi connectivity index (χ0v) is 14.5. The molecule has 0 N–H and O–H groups in total. The predicted molar refractivity (Wildman–Crippen MR) is 85.5 cm³/mol. The lowest BCUT2D eigenvalue weighted by Gasteiger charge is -2.36. The molecule has 1 amide bonds. The summed E-state index contributed by atoms with van der Waals surface area (Å²) in [6.45, 7) is 12.6. The van der Waals surface area contributed by atoms with Crippen molar-refractivity contribution in [3.63, 3.8) is 0 Å². The van der Waals surface area contributed by atoms with Gasteiger partial charge >= 0.3 is 12.1 Å². The highest BCUT2D eigenvalue weighted by molar-refractivity contribution is 5.73. The first-order valence-corrected chi connectivity index (χ1v) is 7.84. The van der Waals surface area contributed by atoms with Crippen LogP contribution in [0.2, 0.25) is 0 Å². The second-order valence-electron chi connectivity index (χ2n) is 7.10. The zero-order valence-electron chi connectivity index (χ0n) is 14.5. The van der Waals surface area contributed by atoms with Crippen molar-refractivity contribution in [2.75, 3.05) is 20.2 Å². The van der Waals surface area contributed by atoms with Crippen molar-refractivity contribution in [3.8, 4) is 0 Å². The number of likely N-dealkylation sites (tertiary alicyclic amines) is 1. The minimum absolute atomic E-state index is 0.164. The standard InChI is InChI=1S/C17H29NO4/c1-12(2)11-14(15(19)21-6)13-7-9-18(10-8-13)16(20)22-17(3,4)5/h13-14H,1,7-11H2,2-6H3. The topological polar surface area (TPSA) is 55.8 Å². The molecule has 1 heterocycles. The van der Waals surface area contributed by atoms with Crippen LogP contribution in [-0.4, -0.2) is 42.8 Å². The van der Waals surface area contributed by atoms with Gasteiger partial charge in [-0.1, -0.05) is 5.57 Å². The highest BCUT2D eigenvalue weighted by Crippen LogP contribution is 2.30. The third-order valence-electron chi connectivity index (χ3n) is 3.83. The first-order valence-electron chi connectivity index (χ1n) is 7.84. The fourth-order valence-electron chi connectivity index (χ4n) is 2.78. The number of esters is 1. The maximum absolute atomic E-state index is 12.1. The van der Waals surface area contributed by atoms with Crippen LogP contribution < -0.4 is 0 Å². The molecule has 5 heteroatoms. The third kappa shape index (κ3) is 5.70. The summed E-state index contributed by atoms with van der Waals surface area (Å²) in [6.07, 6.45) is 1.93. The van der Waals surface area contributed by atoms with Crippen LogP contribution in [-0.2, 0) is 14.3 Å². The second kappa shape index (κ2) is 7.65. The summed E-state index contributed by atoms with van der Waals surface area (Å²) >= 11 is 0. The number of piperidine rings is 1. The monoisotopic (exact) mass is 311 g/mol. The Bertz CT molecular complexity index is 417. The Morgan fingerprint density at radius 2 is 1.82 bits per heavy atom. The van der Waals surface area contributed by atoms with E-state index in [1.54, 1.807) is 4.90 Å². The molecule has 126 valence electrons. The van der Waals surface area contributed by atoms with E-state index in [9.17, 15) is 9.59 Å². The van der Waals surface area contributed by atoms with Gasteiger partial charge in [-0.3, -0.25) is 4.79 Å². The molecule has 1 saturated heterocycles. The van der Waals surface area contributed by atoms with Crippen LogP contribution in [0.4, 0.5) is 4.79 Å². The van der Waals surface area contributed by atoms with E-state index in [4.69, 9.17) is 9.47 Å². The lowest BCUT2D eigenvalue weighted by Crippen LogP contribution is -2.43. The lowest BCUT2D eigenvalue weighted by molar-refractivity contribution is -0.148. The van der Waals surface area contributed by atoms with Gasteiger partial charge in [-0.2, -0.15) is 0 Å². The van der Waals surface area contributed by atoms with Crippen LogP contribution in [0.5, 0.6) is 0 Å². The molecule has 0 saturated carbocycles. The Hall–Kier alpha value is -1.52. The molecule has 0 aromatic carbocycles. The number of rotatable bonds is 4. The van der Waals surface area contributed by atoms with Crippen LogP contribution in [0, 0.1) is 11.8 Å². The summed E-state index contributed by atoms with van der Waals surface area (Å²) in [5, 5.41) is 0. The molecule has 5 nitrogen and oxygen atoms in total. The number of methoxy groups -OCH3 is 1. The molecule has 22 heavy (non-hydrogen) atoms. The van der Waals surface area contributed by atoms with E-state index in [-0.39, 0.29) is 23.9 Å². The van der Waals surface area contributed by atoms with E-state index >= 15 is 0 Å². The third-order valence-corrected chi connectivity index (χ3v) is 3.83. The van der Waals surface area contributed by atoms with Gasteiger partial charge in [0.15, 0.2) is 0 Å². The summed E-state index contributed by atoms with van der Waals surface area (Å²) in [5.41, 5.74) is 0.493. The predicted octanol–water partition coefficient (Wildman–Crippen LogP) is 3.39. The van der Waals surface area contributed by atoms with Gasteiger partial charge in [0.25, 0.3) is 0 Å². The molecule has 1 fully saturated rings. The first kappa shape index (κ1) is 18.5. The number of hydrogen-bond donors (Lipinski definition) is 0. The zero-order chi connectivity index (χ0) is 16.9. The average molecular weight is 311 g/mol. The summed E-state index contributed by atoms with van der Waals surface area (Å²) in [7, 11) is 1.42. The van der Waals surface area contributed by atoms with Gasteiger partial charge in [0.2, 0.25) is 0 Å². The molecule has 1 rings (SSSR count). The minimum atomic E-state index is -0.484. The molecule has 1 unspecified atom stereocenters. The maximum atomic E-state index is 12.1. The van der Waals surface area contributed by atoms with Gasteiger partial charge < -0.3 is 14.4 Å². The minimum Gasteiger partial charge on any atom is -0.469 e. The molecule has 0 aliphatic carbocycles. The Morgan fingerprint density at radius 1 is 1.27 bits per heavy atom. The van der Waals surface area contributed by atoms with E-state index in [0.717, 1.165) is 18.4 Å². The summed E-state index contributed by atoms with van der Waals surface area (Å²) in [6, 6.07) is 0. The highest BCUT2D eigenvalue weighted by Gasteiger charge is 2.34.